The number of rotatable bonds is 5. The van der Waals surface area contributed by atoms with Gasteiger partial charge in [-0.3, -0.25) is 9.48 Å². The standard InChI is InChI=1S/C20H14Cl2N4O2/c21-15-8-6-13(7-9-15)11-26-12-16(22)19(24-26)23-20(27)17-10-18(28-25-17)14-4-2-1-3-5-14/h1-10,12H,11H2,(H,23,24,27). The molecule has 0 unspecified atom stereocenters. The van der Waals surface area contributed by atoms with Crippen LogP contribution >= 0.6 is 23.2 Å². The maximum atomic E-state index is 12.5. The maximum absolute atomic E-state index is 12.5. The average molecular weight is 413 g/mol. The third kappa shape index (κ3) is 4.08. The number of benzene rings is 2. The zero-order valence-corrected chi connectivity index (χ0v) is 16.0. The molecule has 0 saturated heterocycles. The third-order valence-electron chi connectivity index (χ3n) is 4.01. The highest BCUT2D eigenvalue weighted by molar-refractivity contribution is 6.33. The summed E-state index contributed by atoms with van der Waals surface area (Å²) in [4.78, 5) is 12.5. The van der Waals surface area contributed by atoms with E-state index in [4.69, 9.17) is 27.7 Å². The van der Waals surface area contributed by atoms with Crippen molar-refractivity contribution in [1.29, 1.82) is 0 Å². The van der Waals surface area contributed by atoms with Gasteiger partial charge in [-0.1, -0.05) is 70.8 Å². The van der Waals surface area contributed by atoms with Crippen LogP contribution in [0.4, 0.5) is 5.82 Å². The number of aromatic nitrogens is 3. The largest absolute Gasteiger partial charge is 0.355 e. The van der Waals surface area contributed by atoms with Gasteiger partial charge in [-0.2, -0.15) is 5.10 Å². The van der Waals surface area contributed by atoms with E-state index in [2.05, 4.69) is 15.6 Å². The van der Waals surface area contributed by atoms with Crippen molar-refractivity contribution < 1.29 is 9.32 Å². The van der Waals surface area contributed by atoms with Crippen LogP contribution in [0.15, 0.2) is 71.4 Å². The Morgan fingerprint density at radius 1 is 1.07 bits per heavy atom. The van der Waals surface area contributed by atoms with Crippen LogP contribution in [0.3, 0.4) is 0 Å². The van der Waals surface area contributed by atoms with E-state index in [0.717, 1.165) is 11.1 Å². The predicted molar refractivity (Wildman–Crippen MR) is 108 cm³/mol. The maximum Gasteiger partial charge on any atom is 0.279 e. The van der Waals surface area contributed by atoms with Gasteiger partial charge in [-0.05, 0) is 17.7 Å². The molecule has 0 aliphatic rings. The molecule has 0 atom stereocenters. The van der Waals surface area contributed by atoms with E-state index in [1.807, 2.05) is 42.5 Å². The molecule has 28 heavy (non-hydrogen) atoms. The molecule has 2 heterocycles. The number of nitrogens with zero attached hydrogens (tertiary/aromatic N) is 3. The summed E-state index contributed by atoms with van der Waals surface area (Å²) >= 11 is 12.1. The van der Waals surface area contributed by atoms with Crippen molar-refractivity contribution in [2.75, 3.05) is 5.32 Å². The first-order valence-electron chi connectivity index (χ1n) is 8.39. The van der Waals surface area contributed by atoms with Crippen LogP contribution in [-0.4, -0.2) is 20.8 Å². The SMILES string of the molecule is O=C(Nc1nn(Cc2ccc(Cl)cc2)cc1Cl)c1cc(-c2ccccc2)on1. The summed E-state index contributed by atoms with van der Waals surface area (Å²) in [6.07, 6.45) is 1.64. The Balaban J connectivity index is 1.47. The first-order valence-corrected chi connectivity index (χ1v) is 9.15. The van der Waals surface area contributed by atoms with Gasteiger partial charge in [-0.15, -0.1) is 0 Å². The minimum absolute atomic E-state index is 0.141. The fourth-order valence-electron chi connectivity index (χ4n) is 2.63. The number of carbonyl (C=O) groups is 1. The van der Waals surface area contributed by atoms with Gasteiger partial charge in [0.1, 0.15) is 5.02 Å². The van der Waals surface area contributed by atoms with Gasteiger partial charge < -0.3 is 9.84 Å². The topological polar surface area (TPSA) is 73.0 Å². The Labute approximate surface area is 170 Å². The second-order valence-corrected chi connectivity index (χ2v) is 6.89. The van der Waals surface area contributed by atoms with E-state index >= 15 is 0 Å². The molecule has 0 saturated carbocycles. The molecule has 4 aromatic rings. The predicted octanol–water partition coefficient (Wildman–Crippen LogP) is 5.15. The number of carbonyl (C=O) groups excluding carboxylic acids is 1. The zero-order chi connectivity index (χ0) is 19.5. The Morgan fingerprint density at radius 2 is 1.82 bits per heavy atom. The van der Waals surface area contributed by atoms with Gasteiger partial charge in [0.05, 0.1) is 6.54 Å². The van der Waals surface area contributed by atoms with Crippen molar-refractivity contribution in [1.82, 2.24) is 14.9 Å². The van der Waals surface area contributed by atoms with Crippen molar-refractivity contribution in [3.05, 3.63) is 88.2 Å². The van der Waals surface area contributed by atoms with E-state index < -0.39 is 5.91 Å². The molecule has 6 nitrogen and oxygen atoms in total. The molecule has 2 aromatic heterocycles. The van der Waals surface area contributed by atoms with Gasteiger partial charge in [0.2, 0.25) is 0 Å². The Kier molecular flexibility index (Phi) is 5.14. The molecule has 140 valence electrons. The fraction of sp³-hybridized carbons (Fsp3) is 0.0500. The Hall–Kier alpha value is -3.09. The van der Waals surface area contributed by atoms with Crippen molar-refractivity contribution >= 4 is 34.9 Å². The minimum Gasteiger partial charge on any atom is -0.355 e. The Morgan fingerprint density at radius 3 is 2.57 bits per heavy atom. The van der Waals surface area contributed by atoms with Crippen LogP contribution in [-0.2, 0) is 6.54 Å². The molecule has 4 rings (SSSR count). The molecule has 0 fully saturated rings. The van der Waals surface area contributed by atoms with Crippen molar-refractivity contribution in [2.45, 2.75) is 6.54 Å². The highest BCUT2D eigenvalue weighted by Gasteiger charge is 2.17. The minimum atomic E-state index is -0.454. The fourth-order valence-corrected chi connectivity index (χ4v) is 2.96. The summed E-state index contributed by atoms with van der Waals surface area (Å²) in [6, 6.07) is 18.4. The second-order valence-electron chi connectivity index (χ2n) is 6.05. The second kappa shape index (κ2) is 7.88. The van der Waals surface area contributed by atoms with Crippen LogP contribution < -0.4 is 5.32 Å². The molecule has 0 aliphatic heterocycles. The van der Waals surface area contributed by atoms with Crippen molar-refractivity contribution in [2.24, 2.45) is 0 Å². The monoisotopic (exact) mass is 412 g/mol. The van der Waals surface area contributed by atoms with Gasteiger partial charge in [0.25, 0.3) is 5.91 Å². The molecule has 0 aliphatic carbocycles. The number of nitrogens with one attached hydrogen (secondary N) is 1. The summed E-state index contributed by atoms with van der Waals surface area (Å²) in [5.41, 5.74) is 1.98. The normalized spacial score (nSPS) is 10.8. The van der Waals surface area contributed by atoms with Gasteiger partial charge >= 0.3 is 0 Å². The lowest BCUT2D eigenvalue weighted by atomic mass is 10.1. The zero-order valence-electron chi connectivity index (χ0n) is 14.5. The molecular formula is C20H14Cl2N4O2. The smallest absolute Gasteiger partial charge is 0.279 e. The molecule has 0 radical (unpaired) electrons. The molecule has 0 spiro atoms. The van der Waals surface area contributed by atoms with Gasteiger partial charge in [-0.25, -0.2) is 0 Å². The molecular weight excluding hydrogens is 399 g/mol. The first kappa shape index (κ1) is 18.3. The lowest BCUT2D eigenvalue weighted by Gasteiger charge is -2.02. The highest BCUT2D eigenvalue weighted by atomic mass is 35.5. The molecule has 1 N–H and O–H groups in total. The van der Waals surface area contributed by atoms with Crippen LogP contribution in [0.1, 0.15) is 16.1 Å². The lowest BCUT2D eigenvalue weighted by Crippen LogP contribution is -2.13. The summed E-state index contributed by atoms with van der Waals surface area (Å²) in [5.74, 6) is 0.305. The number of hydrogen-bond acceptors (Lipinski definition) is 4. The molecule has 2 aromatic carbocycles. The third-order valence-corrected chi connectivity index (χ3v) is 4.54. The molecule has 8 heteroatoms. The average Bonchev–Trinajstić information content (AvgIpc) is 3.32. The lowest BCUT2D eigenvalue weighted by molar-refractivity contribution is 0.101. The Bertz CT molecular complexity index is 1100. The van der Waals surface area contributed by atoms with E-state index in [-0.39, 0.29) is 11.5 Å². The van der Waals surface area contributed by atoms with Crippen molar-refractivity contribution in [3.63, 3.8) is 0 Å². The molecule has 1 amide bonds. The van der Waals surface area contributed by atoms with E-state index in [1.165, 1.54) is 0 Å². The number of hydrogen-bond donors (Lipinski definition) is 1. The van der Waals surface area contributed by atoms with E-state index in [9.17, 15) is 4.79 Å². The van der Waals surface area contributed by atoms with Crippen LogP contribution in [0.5, 0.6) is 0 Å². The van der Waals surface area contributed by atoms with Crippen molar-refractivity contribution in [3.8, 4) is 11.3 Å². The number of halogens is 2. The summed E-state index contributed by atoms with van der Waals surface area (Å²) < 4.78 is 6.89. The quantitative estimate of drug-likeness (QED) is 0.492. The van der Waals surface area contributed by atoms with Crippen LogP contribution in [0.2, 0.25) is 10.0 Å². The van der Waals surface area contributed by atoms with Crippen LogP contribution in [0, 0.1) is 0 Å². The van der Waals surface area contributed by atoms with E-state index in [0.29, 0.717) is 22.4 Å². The number of anilines is 1. The molecule has 0 bridgehead atoms. The highest BCUT2D eigenvalue weighted by Crippen LogP contribution is 2.23. The van der Waals surface area contributed by atoms with E-state index in [1.54, 1.807) is 29.1 Å². The number of amides is 1. The summed E-state index contributed by atoms with van der Waals surface area (Å²) in [6.45, 7) is 0.495. The summed E-state index contributed by atoms with van der Waals surface area (Å²) in [7, 11) is 0. The van der Waals surface area contributed by atoms with Gasteiger partial charge in [0, 0.05) is 22.8 Å². The van der Waals surface area contributed by atoms with Gasteiger partial charge in [0.15, 0.2) is 17.3 Å². The first-order chi connectivity index (χ1) is 13.6. The summed E-state index contributed by atoms with van der Waals surface area (Å²) in [5, 5.41) is 11.8. The van der Waals surface area contributed by atoms with Crippen LogP contribution in [0.25, 0.3) is 11.3 Å².